The lowest BCUT2D eigenvalue weighted by Gasteiger charge is -2.13. The number of hydrogen-bond acceptors (Lipinski definition) is 4. The Hall–Kier alpha value is -3.29. The van der Waals surface area contributed by atoms with Gasteiger partial charge in [0.15, 0.2) is 5.82 Å². The Morgan fingerprint density at radius 1 is 1.23 bits per heavy atom. The van der Waals surface area contributed by atoms with Crippen molar-refractivity contribution in [2.45, 2.75) is 13.0 Å². The van der Waals surface area contributed by atoms with Crippen molar-refractivity contribution in [3.05, 3.63) is 65.0 Å². The van der Waals surface area contributed by atoms with Crippen molar-refractivity contribution in [2.75, 3.05) is 6.54 Å². The van der Waals surface area contributed by atoms with Crippen molar-refractivity contribution in [1.29, 1.82) is 0 Å². The number of nitrogens with zero attached hydrogens (tertiary/aromatic N) is 2. The number of aromatic amines is 1. The van der Waals surface area contributed by atoms with Crippen LogP contribution in [0.15, 0.2) is 41.5 Å². The molecule has 3 aromatic rings. The molecule has 1 aliphatic heterocycles. The summed E-state index contributed by atoms with van der Waals surface area (Å²) >= 11 is 0. The number of rotatable bonds is 3. The minimum atomic E-state index is -0.911. The highest BCUT2D eigenvalue weighted by Gasteiger charge is 2.29. The molecule has 0 fully saturated rings. The minimum absolute atomic E-state index is 0.299. The summed E-state index contributed by atoms with van der Waals surface area (Å²) < 4.78 is 27.6. The molecule has 8 heteroatoms. The number of halogens is 2. The molecule has 1 amide bonds. The monoisotopic (exact) mass is 355 g/mol. The number of imidazole rings is 1. The van der Waals surface area contributed by atoms with E-state index in [2.05, 4.69) is 25.8 Å². The first-order valence-corrected chi connectivity index (χ1v) is 8.05. The molecule has 2 heterocycles. The number of hydrogen-bond donors (Lipinski definition) is 3. The van der Waals surface area contributed by atoms with E-state index in [9.17, 15) is 13.6 Å². The predicted octanol–water partition coefficient (Wildman–Crippen LogP) is 2.26. The molecule has 0 aliphatic carbocycles. The highest BCUT2D eigenvalue weighted by atomic mass is 19.1. The average molecular weight is 355 g/mol. The van der Waals surface area contributed by atoms with E-state index < -0.39 is 29.1 Å². The summed E-state index contributed by atoms with van der Waals surface area (Å²) in [6.07, 6.45) is 0. The molecule has 1 aliphatic rings. The van der Waals surface area contributed by atoms with E-state index in [4.69, 9.17) is 0 Å². The first-order valence-electron chi connectivity index (χ1n) is 8.05. The van der Waals surface area contributed by atoms with Gasteiger partial charge in [-0.15, -0.1) is 0 Å². The number of aromatic nitrogens is 2. The second kappa shape index (κ2) is 6.21. The Morgan fingerprint density at radius 3 is 2.77 bits per heavy atom. The van der Waals surface area contributed by atoms with E-state index >= 15 is 0 Å². The fourth-order valence-corrected chi connectivity index (χ4v) is 2.92. The average Bonchev–Trinajstić information content (AvgIpc) is 3.20. The number of carbonyl (C=O) groups excluding carboxylic acids is 1. The van der Waals surface area contributed by atoms with Crippen LogP contribution in [0.3, 0.4) is 0 Å². The summed E-state index contributed by atoms with van der Waals surface area (Å²) in [5, 5.41) is 6.78. The molecule has 1 unspecified atom stereocenters. The third kappa shape index (κ3) is 2.79. The summed E-state index contributed by atoms with van der Waals surface area (Å²) in [7, 11) is 0. The van der Waals surface area contributed by atoms with Gasteiger partial charge in [-0.1, -0.05) is 12.1 Å². The molecule has 2 aromatic carbocycles. The van der Waals surface area contributed by atoms with Gasteiger partial charge in [0, 0.05) is 0 Å². The Balaban J connectivity index is 1.61. The molecule has 0 radical (unpaired) electrons. The molecule has 3 N–H and O–H groups in total. The van der Waals surface area contributed by atoms with Crippen LogP contribution in [0.4, 0.5) is 8.78 Å². The van der Waals surface area contributed by atoms with Crippen LogP contribution in [0.25, 0.3) is 11.0 Å². The van der Waals surface area contributed by atoms with Gasteiger partial charge in [-0.25, -0.2) is 13.8 Å². The van der Waals surface area contributed by atoms with E-state index in [1.54, 1.807) is 0 Å². The normalized spacial score (nSPS) is 16.4. The van der Waals surface area contributed by atoms with E-state index in [0.29, 0.717) is 18.1 Å². The summed E-state index contributed by atoms with van der Waals surface area (Å²) in [5.41, 5.74) is 5.35. The van der Waals surface area contributed by atoms with Gasteiger partial charge >= 0.3 is 0 Å². The Labute approximate surface area is 147 Å². The van der Waals surface area contributed by atoms with E-state index in [-0.39, 0.29) is 0 Å². The predicted molar refractivity (Wildman–Crippen MR) is 93.0 cm³/mol. The number of fused-ring (bicyclic) bond motifs is 1. The molecule has 132 valence electrons. The van der Waals surface area contributed by atoms with Crippen LogP contribution < -0.4 is 10.7 Å². The van der Waals surface area contributed by atoms with Gasteiger partial charge < -0.3 is 15.7 Å². The fourth-order valence-electron chi connectivity index (χ4n) is 2.92. The highest BCUT2D eigenvalue weighted by molar-refractivity contribution is 6.07. The molecule has 1 aromatic heterocycles. The standard InChI is InChI=1S/C18H15F2N5O/c1-9-5-6-12-13(7-9)23-17(22-12)16-14(8-21-25-16)24-18(26)15-10(19)3-2-4-11(15)20/h2-7,14,21H,8H2,1H3,(H,22,23)(H,24,26). The third-order valence-corrected chi connectivity index (χ3v) is 4.20. The van der Waals surface area contributed by atoms with Crippen LogP contribution in [-0.2, 0) is 0 Å². The molecule has 0 saturated carbocycles. The first kappa shape index (κ1) is 16.2. The molecule has 6 nitrogen and oxygen atoms in total. The fraction of sp³-hybridized carbons (Fsp3) is 0.167. The highest BCUT2D eigenvalue weighted by Crippen LogP contribution is 2.17. The quantitative estimate of drug-likeness (QED) is 0.674. The molecular weight excluding hydrogens is 340 g/mol. The summed E-state index contributed by atoms with van der Waals surface area (Å²) in [4.78, 5) is 20.0. The molecule has 0 spiro atoms. The van der Waals surface area contributed by atoms with Crippen molar-refractivity contribution in [2.24, 2.45) is 5.10 Å². The smallest absolute Gasteiger partial charge is 0.257 e. The van der Waals surface area contributed by atoms with Crippen LogP contribution in [-0.4, -0.2) is 34.2 Å². The van der Waals surface area contributed by atoms with Crippen LogP contribution in [0, 0.1) is 18.6 Å². The summed E-state index contributed by atoms with van der Waals surface area (Å²) in [6, 6.07) is 8.52. The minimum Gasteiger partial charge on any atom is -0.341 e. The number of carbonyl (C=O) groups is 1. The number of aryl methyl sites for hydroxylation is 1. The van der Waals surface area contributed by atoms with Gasteiger partial charge in [0.1, 0.15) is 22.9 Å². The summed E-state index contributed by atoms with van der Waals surface area (Å²) in [5.74, 6) is -2.17. The zero-order chi connectivity index (χ0) is 18.3. The number of benzene rings is 2. The van der Waals surface area contributed by atoms with Crippen molar-refractivity contribution < 1.29 is 13.6 Å². The molecule has 0 bridgehead atoms. The van der Waals surface area contributed by atoms with Gasteiger partial charge in [-0.2, -0.15) is 5.10 Å². The number of nitrogens with one attached hydrogen (secondary N) is 3. The number of hydrazone groups is 1. The van der Waals surface area contributed by atoms with Gasteiger partial charge in [0.25, 0.3) is 5.91 Å². The van der Waals surface area contributed by atoms with Crippen molar-refractivity contribution in [3.63, 3.8) is 0 Å². The maximum atomic E-state index is 13.8. The van der Waals surface area contributed by atoms with E-state index in [1.807, 2.05) is 25.1 Å². The molecule has 1 atom stereocenters. The van der Waals surface area contributed by atoms with Gasteiger partial charge in [-0.3, -0.25) is 4.79 Å². The van der Waals surface area contributed by atoms with Crippen molar-refractivity contribution >= 4 is 22.7 Å². The van der Waals surface area contributed by atoms with E-state index in [0.717, 1.165) is 28.7 Å². The Bertz CT molecular complexity index is 1020. The third-order valence-electron chi connectivity index (χ3n) is 4.20. The van der Waals surface area contributed by atoms with Gasteiger partial charge in [0.05, 0.1) is 23.6 Å². The lowest BCUT2D eigenvalue weighted by atomic mass is 10.1. The summed E-state index contributed by atoms with van der Waals surface area (Å²) in [6.45, 7) is 2.27. The lowest BCUT2D eigenvalue weighted by Crippen LogP contribution is -2.43. The molecule has 26 heavy (non-hydrogen) atoms. The van der Waals surface area contributed by atoms with E-state index in [1.165, 1.54) is 6.07 Å². The van der Waals surface area contributed by atoms with Crippen LogP contribution in [0.5, 0.6) is 0 Å². The maximum Gasteiger partial charge on any atom is 0.257 e. The maximum absolute atomic E-state index is 13.8. The van der Waals surface area contributed by atoms with Gasteiger partial charge in [-0.05, 0) is 36.8 Å². The topological polar surface area (TPSA) is 82.2 Å². The number of H-pyrrole nitrogens is 1. The largest absolute Gasteiger partial charge is 0.341 e. The van der Waals surface area contributed by atoms with Crippen LogP contribution >= 0.6 is 0 Å². The second-order valence-corrected chi connectivity index (χ2v) is 6.09. The SMILES string of the molecule is Cc1ccc2nc(C3=NNCC3NC(=O)c3c(F)cccc3F)[nH]c2c1. The van der Waals surface area contributed by atoms with Crippen LogP contribution in [0.1, 0.15) is 21.7 Å². The van der Waals surface area contributed by atoms with Crippen molar-refractivity contribution in [1.82, 2.24) is 20.7 Å². The second-order valence-electron chi connectivity index (χ2n) is 6.09. The Morgan fingerprint density at radius 2 is 2.00 bits per heavy atom. The zero-order valence-corrected chi connectivity index (χ0v) is 13.8. The molecule has 0 saturated heterocycles. The lowest BCUT2D eigenvalue weighted by molar-refractivity contribution is 0.0939. The zero-order valence-electron chi connectivity index (χ0n) is 13.8. The van der Waals surface area contributed by atoms with Crippen molar-refractivity contribution in [3.8, 4) is 0 Å². The first-order chi connectivity index (χ1) is 12.5. The molecular formula is C18H15F2N5O. The van der Waals surface area contributed by atoms with Gasteiger partial charge in [0.2, 0.25) is 0 Å². The Kier molecular flexibility index (Phi) is 3.87. The number of amides is 1. The molecule has 4 rings (SSSR count). The van der Waals surface area contributed by atoms with Crippen LogP contribution in [0.2, 0.25) is 0 Å².